The number of hydrogen-bond acceptors (Lipinski definition) is 0. The number of hydrogen-bond donors (Lipinski definition) is 0. The first kappa shape index (κ1) is 8.42. The molecule has 45 valence electrons. The van der Waals surface area contributed by atoms with E-state index < -0.39 is 0 Å². The maximum absolute atomic E-state index is 6.69. The Morgan fingerprint density at radius 1 is 1.11 bits per heavy atom. The molecule has 1 rings (SSSR count). The topological polar surface area (TPSA) is 0 Å². The Morgan fingerprint density at radius 2 is 1.67 bits per heavy atom. The Kier molecular flexibility index (Phi) is 4.03. The minimum Gasteiger partial charge on any atom is -0.366 e. The van der Waals surface area contributed by atoms with Crippen LogP contribution in [-0.4, -0.2) is 0 Å². The Bertz CT molecular complexity index is 196. The van der Waals surface area contributed by atoms with Crippen molar-refractivity contribution < 1.29 is 19.8 Å². The fraction of sp³-hybridized carbons (Fsp3) is 0. The average molecular weight is 291 g/mol. The molecule has 0 bridgehead atoms. The van der Waals surface area contributed by atoms with Crippen LogP contribution in [0.3, 0.4) is 0 Å². The first-order valence-electron chi connectivity index (χ1n) is 2.41. The summed E-state index contributed by atoms with van der Waals surface area (Å²) >= 11 is 0. The van der Waals surface area contributed by atoms with Gasteiger partial charge in [-0.3, -0.25) is 5.92 Å². The van der Waals surface area contributed by atoms with E-state index in [0.29, 0.717) is 0 Å². The Labute approximate surface area is 68.3 Å². The largest absolute Gasteiger partial charge is 1.00 e. The van der Waals surface area contributed by atoms with Gasteiger partial charge in [-0.15, -0.1) is 17.7 Å². The van der Waals surface area contributed by atoms with Crippen molar-refractivity contribution in [1.82, 2.24) is 0 Å². The van der Waals surface area contributed by atoms with E-state index in [4.69, 9.17) is 6.42 Å². The second kappa shape index (κ2) is 4.31. The summed E-state index contributed by atoms with van der Waals surface area (Å²) in [5.74, 6) is 2.28. The molecule has 1 aromatic rings. The van der Waals surface area contributed by atoms with Gasteiger partial charge in [0.05, 0.1) is 0 Å². The molecule has 0 atom stereocenters. The van der Waals surface area contributed by atoms with Crippen molar-refractivity contribution in [3.05, 3.63) is 42.3 Å². The Morgan fingerprint density at radius 3 is 2.00 bits per heavy atom. The summed E-state index contributed by atoms with van der Waals surface area (Å²) < 4.78 is 0. The molecule has 0 unspecified atom stereocenters. The van der Waals surface area contributed by atoms with Crippen LogP contribution in [0.4, 0.5) is 0 Å². The van der Waals surface area contributed by atoms with Crippen LogP contribution in [-0.2, 0) is 19.8 Å². The quantitative estimate of drug-likeness (QED) is 0.503. The van der Waals surface area contributed by atoms with Gasteiger partial charge in [0.2, 0.25) is 0 Å². The van der Waals surface area contributed by atoms with Crippen molar-refractivity contribution in [3.8, 4) is 5.92 Å². The monoisotopic (exact) mass is 293 g/mol. The standard InChI is InChI=1S/C8H5.Os/c1-2-8-6-4-3-5-7-8;/h3-7H;/q-1;+1. The minimum atomic E-state index is 0. The van der Waals surface area contributed by atoms with E-state index in [1.54, 1.807) is 0 Å². The second-order valence-corrected chi connectivity index (χ2v) is 1.49. The molecule has 0 nitrogen and oxygen atoms in total. The molecule has 0 amide bonds. The van der Waals surface area contributed by atoms with Crippen molar-refractivity contribution in [1.29, 1.82) is 0 Å². The second-order valence-electron chi connectivity index (χ2n) is 1.49. The maximum atomic E-state index is 6.69. The van der Waals surface area contributed by atoms with Crippen molar-refractivity contribution in [3.63, 3.8) is 0 Å². The molecular formula is C8H5Os. The van der Waals surface area contributed by atoms with Crippen LogP contribution >= 0.6 is 0 Å². The van der Waals surface area contributed by atoms with Crippen molar-refractivity contribution in [2.24, 2.45) is 0 Å². The summed E-state index contributed by atoms with van der Waals surface area (Å²) in [6.07, 6.45) is 6.69. The summed E-state index contributed by atoms with van der Waals surface area (Å²) in [5, 5.41) is 0. The molecule has 0 saturated carbocycles. The molecule has 1 heteroatoms. The van der Waals surface area contributed by atoms with Gasteiger partial charge < -0.3 is 6.42 Å². The van der Waals surface area contributed by atoms with E-state index in [1.165, 1.54) is 0 Å². The van der Waals surface area contributed by atoms with E-state index >= 15 is 0 Å². The molecule has 0 aromatic heterocycles. The Hall–Kier alpha value is -0.584. The summed E-state index contributed by atoms with van der Waals surface area (Å²) in [4.78, 5) is 0. The fourth-order valence-corrected chi connectivity index (χ4v) is 0.521. The third-order valence-electron chi connectivity index (χ3n) is 0.918. The first-order valence-corrected chi connectivity index (χ1v) is 2.41. The first-order chi connectivity index (χ1) is 3.93. The summed E-state index contributed by atoms with van der Waals surface area (Å²) in [7, 11) is 0. The smallest absolute Gasteiger partial charge is 0.366 e. The zero-order chi connectivity index (χ0) is 5.82. The molecule has 0 aliphatic carbocycles. The van der Waals surface area contributed by atoms with Gasteiger partial charge in [0.25, 0.3) is 0 Å². The van der Waals surface area contributed by atoms with Gasteiger partial charge >= 0.3 is 19.8 Å². The molecule has 0 saturated heterocycles. The van der Waals surface area contributed by atoms with Gasteiger partial charge in [-0.1, -0.05) is 18.2 Å². The molecule has 0 aliphatic rings. The van der Waals surface area contributed by atoms with Crippen molar-refractivity contribution in [2.45, 2.75) is 0 Å². The molecule has 9 heavy (non-hydrogen) atoms. The van der Waals surface area contributed by atoms with E-state index in [2.05, 4.69) is 5.92 Å². The molecular weight excluding hydrogens is 286 g/mol. The molecule has 0 aliphatic heterocycles. The SMILES string of the molecule is [C-]#Cc1ccccc1.[Os+]. The molecule has 0 heterocycles. The molecule has 1 aromatic carbocycles. The molecule has 0 fully saturated rings. The van der Waals surface area contributed by atoms with Gasteiger partial charge in [0.1, 0.15) is 0 Å². The van der Waals surface area contributed by atoms with Crippen molar-refractivity contribution in [2.75, 3.05) is 0 Å². The van der Waals surface area contributed by atoms with Gasteiger partial charge in [0, 0.05) is 0 Å². The van der Waals surface area contributed by atoms with Crippen LogP contribution in [0, 0.1) is 12.3 Å². The predicted molar refractivity (Wildman–Crippen MR) is 32.7 cm³/mol. The van der Waals surface area contributed by atoms with E-state index in [0.717, 1.165) is 5.56 Å². The number of rotatable bonds is 0. The van der Waals surface area contributed by atoms with E-state index in [-0.39, 0.29) is 19.8 Å². The number of benzene rings is 1. The molecule has 0 N–H and O–H groups in total. The zero-order valence-corrected chi connectivity index (χ0v) is 7.28. The molecule has 1 radical (unpaired) electrons. The zero-order valence-electron chi connectivity index (χ0n) is 4.74. The van der Waals surface area contributed by atoms with Crippen LogP contribution < -0.4 is 0 Å². The minimum absolute atomic E-state index is 0. The van der Waals surface area contributed by atoms with Gasteiger partial charge in [-0.2, -0.15) is 0 Å². The van der Waals surface area contributed by atoms with Crippen LogP contribution in [0.15, 0.2) is 30.3 Å². The third-order valence-corrected chi connectivity index (χ3v) is 0.918. The summed E-state index contributed by atoms with van der Waals surface area (Å²) in [6.45, 7) is 0. The van der Waals surface area contributed by atoms with Crippen LogP contribution in [0.2, 0.25) is 0 Å². The van der Waals surface area contributed by atoms with E-state index in [9.17, 15) is 0 Å². The van der Waals surface area contributed by atoms with Crippen molar-refractivity contribution >= 4 is 0 Å². The third kappa shape index (κ3) is 2.45. The van der Waals surface area contributed by atoms with Crippen LogP contribution in [0.25, 0.3) is 0 Å². The van der Waals surface area contributed by atoms with Gasteiger partial charge in [0.15, 0.2) is 0 Å². The predicted octanol–water partition coefficient (Wildman–Crippen LogP) is 1.62. The maximum Gasteiger partial charge on any atom is 1.00 e. The Balaban J connectivity index is 0.000000640. The fourth-order valence-electron chi connectivity index (χ4n) is 0.521. The van der Waals surface area contributed by atoms with Crippen LogP contribution in [0.5, 0.6) is 0 Å². The molecule has 0 spiro atoms. The van der Waals surface area contributed by atoms with E-state index in [1.807, 2.05) is 30.3 Å². The average Bonchev–Trinajstić information content (AvgIpc) is 1.90. The van der Waals surface area contributed by atoms with Gasteiger partial charge in [-0.25, -0.2) is 0 Å². The summed E-state index contributed by atoms with van der Waals surface area (Å²) in [6, 6.07) is 9.37. The normalized spacial score (nSPS) is 7.00. The van der Waals surface area contributed by atoms with Crippen LogP contribution in [0.1, 0.15) is 5.56 Å². The summed E-state index contributed by atoms with van der Waals surface area (Å²) in [5.41, 5.74) is 0.826. The van der Waals surface area contributed by atoms with Gasteiger partial charge in [-0.05, 0) is 0 Å².